The maximum atomic E-state index is 13.4. The van der Waals surface area contributed by atoms with Crippen molar-refractivity contribution in [3.63, 3.8) is 0 Å². The zero-order valence-electron chi connectivity index (χ0n) is 22.0. The van der Waals surface area contributed by atoms with Crippen molar-refractivity contribution >= 4 is 55.4 Å². The van der Waals surface area contributed by atoms with Gasteiger partial charge in [-0.2, -0.15) is 9.78 Å². The molecule has 0 fully saturated rings. The quantitative estimate of drug-likeness (QED) is 0.186. The minimum absolute atomic E-state index is 0.254. The number of hydrogen-bond acceptors (Lipinski definition) is 5. The summed E-state index contributed by atoms with van der Waals surface area (Å²) in [5.74, 6) is 1.45. The van der Waals surface area contributed by atoms with Crippen LogP contribution in [0.15, 0.2) is 87.2 Å². The van der Waals surface area contributed by atoms with Gasteiger partial charge in [-0.1, -0.05) is 90.8 Å². The molecule has 5 rings (SSSR count). The van der Waals surface area contributed by atoms with Crippen molar-refractivity contribution in [3.8, 4) is 11.5 Å². The van der Waals surface area contributed by atoms with Crippen LogP contribution in [-0.4, -0.2) is 23.0 Å². The second-order valence-electron chi connectivity index (χ2n) is 10.2. The zero-order chi connectivity index (χ0) is 27.7. The number of aromatic nitrogens is 2. The highest BCUT2D eigenvalue weighted by Crippen LogP contribution is 2.37. The molecule has 1 heterocycles. The van der Waals surface area contributed by atoms with Crippen LogP contribution in [0.3, 0.4) is 0 Å². The van der Waals surface area contributed by atoms with Crippen molar-refractivity contribution in [1.82, 2.24) is 9.66 Å². The molecule has 0 aliphatic rings. The summed E-state index contributed by atoms with van der Waals surface area (Å²) in [6, 6.07) is 23.2. The molecule has 0 aliphatic carbocycles. The standard InChI is InChI=1S/C31H27BrClN3O3/c1-31(2,3)30-35-26-13-12-22(32)16-24(26)29(37)36(30)34-17-19-14-25(33)28(27(15-19)38-4)39-18-21-10-7-9-20-8-5-6-11-23(20)21/h5-17H,18H2,1-4H3. The van der Waals surface area contributed by atoms with Crippen LogP contribution in [0.1, 0.15) is 37.7 Å². The summed E-state index contributed by atoms with van der Waals surface area (Å²) < 4.78 is 13.9. The van der Waals surface area contributed by atoms with Gasteiger partial charge in [-0.15, -0.1) is 0 Å². The smallest absolute Gasteiger partial charge is 0.282 e. The van der Waals surface area contributed by atoms with Gasteiger partial charge in [0.2, 0.25) is 0 Å². The highest BCUT2D eigenvalue weighted by Gasteiger charge is 2.23. The summed E-state index contributed by atoms with van der Waals surface area (Å²) >= 11 is 10.1. The normalized spacial score (nSPS) is 11.9. The molecule has 0 saturated heterocycles. The van der Waals surface area contributed by atoms with E-state index >= 15 is 0 Å². The molecule has 6 nitrogen and oxygen atoms in total. The van der Waals surface area contributed by atoms with Gasteiger partial charge in [0.05, 0.1) is 29.2 Å². The van der Waals surface area contributed by atoms with Crippen LogP contribution in [0.5, 0.6) is 11.5 Å². The van der Waals surface area contributed by atoms with Crippen molar-refractivity contribution in [1.29, 1.82) is 0 Å². The van der Waals surface area contributed by atoms with Crippen LogP contribution < -0.4 is 15.0 Å². The molecule has 1 aromatic heterocycles. The molecular formula is C31H27BrClN3O3. The van der Waals surface area contributed by atoms with Crippen molar-refractivity contribution in [2.45, 2.75) is 32.8 Å². The van der Waals surface area contributed by atoms with Crippen LogP contribution in [0.25, 0.3) is 21.7 Å². The fraction of sp³-hybridized carbons (Fsp3) is 0.194. The van der Waals surface area contributed by atoms with Gasteiger partial charge >= 0.3 is 0 Å². The molecule has 0 spiro atoms. The molecule has 39 heavy (non-hydrogen) atoms. The van der Waals surface area contributed by atoms with Crippen molar-refractivity contribution < 1.29 is 9.47 Å². The lowest BCUT2D eigenvalue weighted by Crippen LogP contribution is -2.29. The second kappa shape index (κ2) is 10.8. The topological polar surface area (TPSA) is 65.7 Å². The molecule has 0 N–H and O–H groups in total. The molecule has 0 saturated carbocycles. The molecule has 0 atom stereocenters. The number of hydrogen-bond donors (Lipinski definition) is 0. The minimum Gasteiger partial charge on any atom is -0.493 e. The number of fused-ring (bicyclic) bond motifs is 2. The van der Waals surface area contributed by atoms with Crippen LogP contribution in [0.4, 0.5) is 0 Å². The summed E-state index contributed by atoms with van der Waals surface area (Å²) in [7, 11) is 1.56. The predicted octanol–water partition coefficient (Wildman–Crippen LogP) is 7.73. The van der Waals surface area contributed by atoms with E-state index in [-0.39, 0.29) is 5.56 Å². The average Bonchev–Trinajstić information content (AvgIpc) is 2.91. The van der Waals surface area contributed by atoms with Gasteiger partial charge in [0.25, 0.3) is 5.56 Å². The van der Waals surface area contributed by atoms with E-state index in [1.165, 1.54) is 4.68 Å². The Kier molecular flexibility index (Phi) is 7.47. The number of rotatable bonds is 6. The van der Waals surface area contributed by atoms with Crippen LogP contribution >= 0.6 is 27.5 Å². The van der Waals surface area contributed by atoms with E-state index in [1.807, 2.05) is 57.2 Å². The van der Waals surface area contributed by atoms with Crippen molar-refractivity contribution in [2.24, 2.45) is 5.10 Å². The highest BCUT2D eigenvalue weighted by atomic mass is 79.9. The third-order valence-corrected chi connectivity index (χ3v) is 7.08. The lowest BCUT2D eigenvalue weighted by molar-refractivity contribution is 0.286. The third kappa shape index (κ3) is 5.56. The maximum absolute atomic E-state index is 13.4. The van der Waals surface area contributed by atoms with Gasteiger partial charge in [-0.25, -0.2) is 4.98 Å². The summed E-state index contributed by atoms with van der Waals surface area (Å²) in [5.41, 5.74) is 1.64. The summed E-state index contributed by atoms with van der Waals surface area (Å²) in [6.45, 7) is 6.31. The van der Waals surface area contributed by atoms with Gasteiger partial charge in [0, 0.05) is 9.89 Å². The molecule has 0 unspecified atom stereocenters. The monoisotopic (exact) mass is 603 g/mol. The lowest BCUT2D eigenvalue weighted by Gasteiger charge is -2.21. The van der Waals surface area contributed by atoms with Crippen LogP contribution in [-0.2, 0) is 12.0 Å². The first-order chi connectivity index (χ1) is 18.7. The van der Waals surface area contributed by atoms with E-state index in [0.717, 1.165) is 20.8 Å². The molecule has 0 bridgehead atoms. The predicted molar refractivity (Wildman–Crippen MR) is 162 cm³/mol. The average molecular weight is 605 g/mol. The largest absolute Gasteiger partial charge is 0.493 e. The van der Waals surface area contributed by atoms with E-state index < -0.39 is 5.41 Å². The Balaban J connectivity index is 1.50. The Labute approximate surface area is 240 Å². The van der Waals surface area contributed by atoms with E-state index in [4.69, 9.17) is 26.1 Å². The number of methoxy groups -OCH3 is 1. The van der Waals surface area contributed by atoms with E-state index in [9.17, 15) is 4.79 Å². The lowest BCUT2D eigenvalue weighted by atomic mass is 9.95. The Morgan fingerprint density at radius 3 is 2.56 bits per heavy atom. The summed E-state index contributed by atoms with van der Waals surface area (Å²) in [6.07, 6.45) is 1.57. The van der Waals surface area contributed by atoms with Gasteiger partial charge in [-0.05, 0) is 52.2 Å². The number of halogens is 2. The SMILES string of the molecule is COc1cc(C=Nn2c(C(C)(C)C)nc3ccc(Br)cc3c2=O)cc(Cl)c1OCc1cccc2ccccc12. The highest BCUT2D eigenvalue weighted by molar-refractivity contribution is 9.10. The first kappa shape index (κ1) is 26.9. The van der Waals surface area contributed by atoms with Gasteiger partial charge in [-0.3, -0.25) is 4.79 Å². The Bertz CT molecular complexity index is 1790. The van der Waals surface area contributed by atoms with Crippen molar-refractivity contribution in [3.05, 3.63) is 110 Å². The molecule has 8 heteroatoms. The first-order valence-corrected chi connectivity index (χ1v) is 13.6. The number of benzene rings is 4. The minimum atomic E-state index is -0.424. The molecule has 4 aromatic carbocycles. The Hall–Kier alpha value is -3.68. The molecule has 198 valence electrons. The van der Waals surface area contributed by atoms with E-state index in [0.29, 0.717) is 45.4 Å². The van der Waals surface area contributed by atoms with Gasteiger partial charge in [0.15, 0.2) is 11.5 Å². The summed E-state index contributed by atoms with van der Waals surface area (Å²) in [4.78, 5) is 18.2. The van der Waals surface area contributed by atoms with Gasteiger partial charge in [0.1, 0.15) is 12.4 Å². The molecule has 0 radical (unpaired) electrons. The number of nitrogens with zero attached hydrogens (tertiary/aromatic N) is 3. The fourth-order valence-electron chi connectivity index (χ4n) is 4.39. The maximum Gasteiger partial charge on any atom is 0.282 e. The van der Waals surface area contributed by atoms with E-state index in [1.54, 1.807) is 31.5 Å². The van der Waals surface area contributed by atoms with Crippen LogP contribution in [0.2, 0.25) is 5.02 Å². The second-order valence-corrected chi connectivity index (χ2v) is 11.5. The molecule has 5 aromatic rings. The van der Waals surface area contributed by atoms with Gasteiger partial charge < -0.3 is 9.47 Å². The summed E-state index contributed by atoms with van der Waals surface area (Å²) in [5, 5.41) is 7.65. The fourth-order valence-corrected chi connectivity index (χ4v) is 5.02. The van der Waals surface area contributed by atoms with E-state index in [2.05, 4.69) is 39.2 Å². The first-order valence-electron chi connectivity index (χ1n) is 12.4. The number of ether oxygens (including phenoxy) is 2. The van der Waals surface area contributed by atoms with Crippen LogP contribution in [0, 0.1) is 0 Å². The van der Waals surface area contributed by atoms with Crippen molar-refractivity contribution in [2.75, 3.05) is 7.11 Å². The molecule has 0 amide bonds. The Morgan fingerprint density at radius 2 is 1.79 bits per heavy atom. The zero-order valence-corrected chi connectivity index (χ0v) is 24.4. The third-order valence-electron chi connectivity index (χ3n) is 6.31. The molecular weight excluding hydrogens is 578 g/mol. The Morgan fingerprint density at radius 1 is 1.03 bits per heavy atom. The molecule has 0 aliphatic heterocycles.